The Kier molecular flexibility index (Phi) is 2.75. The molecular formula is C14H19N3. The van der Waals surface area contributed by atoms with Crippen LogP contribution in [0.15, 0.2) is 23.2 Å². The van der Waals surface area contributed by atoms with E-state index in [9.17, 15) is 0 Å². The Labute approximate surface area is 102 Å². The molecule has 90 valence electrons. The number of hydrogen-bond acceptors (Lipinski definition) is 3. The summed E-state index contributed by atoms with van der Waals surface area (Å²) in [6.07, 6.45) is 3.72. The third-order valence-electron chi connectivity index (χ3n) is 3.66. The first-order valence-corrected chi connectivity index (χ1v) is 6.49. The number of benzene rings is 1. The van der Waals surface area contributed by atoms with Crippen molar-refractivity contribution in [2.45, 2.75) is 26.2 Å². The first-order valence-electron chi connectivity index (χ1n) is 6.49. The highest BCUT2D eigenvalue weighted by molar-refractivity contribution is 5.95. The average Bonchev–Trinajstić information content (AvgIpc) is 2.83. The largest absolute Gasteiger partial charge is 0.354 e. The Balaban J connectivity index is 1.88. The maximum absolute atomic E-state index is 4.39. The van der Waals surface area contributed by atoms with E-state index in [2.05, 4.69) is 40.7 Å². The average molecular weight is 229 g/mol. The van der Waals surface area contributed by atoms with Crippen molar-refractivity contribution in [3.63, 3.8) is 0 Å². The first-order chi connectivity index (χ1) is 8.33. The van der Waals surface area contributed by atoms with Gasteiger partial charge in [0.1, 0.15) is 0 Å². The van der Waals surface area contributed by atoms with Crippen molar-refractivity contribution in [3.05, 3.63) is 29.3 Å². The second kappa shape index (κ2) is 4.40. The summed E-state index contributed by atoms with van der Waals surface area (Å²) in [7, 11) is 0. The molecule has 3 rings (SSSR count). The lowest BCUT2D eigenvalue weighted by molar-refractivity contribution is 0.502. The predicted octanol–water partition coefficient (Wildman–Crippen LogP) is 2.18. The molecule has 1 aliphatic carbocycles. The van der Waals surface area contributed by atoms with Crippen molar-refractivity contribution in [1.82, 2.24) is 5.32 Å². The van der Waals surface area contributed by atoms with E-state index < -0.39 is 0 Å². The van der Waals surface area contributed by atoms with Gasteiger partial charge in [-0.3, -0.25) is 4.99 Å². The van der Waals surface area contributed by atoms with Crippen LogP contribution in [0, 0.1) is 5.92 Å². The highest BCUT2D eigenvalue weighted by Crippen LogP contribution is 2.30. The van der Waals surface area contributed by atoms with Crippen LogP contribution in [0.25, 0.3) is 0 Å². The summed E-state index contributed by atoms with van der Waals surface area (Å²) in [6.45, 7) is 4.17. The van der Waals surface area contributed by atoms with Crippen LogP contribution in [0.1, 0.15) is 24.5 Å². The predicted molar refractivity (Wildman–Crippen MR) is 71.6 cm³/mol. The van der Waals surface area contributed by atoms with Gasteiger partial charge in [-0.15, -0.1) is 0 Å². The van der Waals surface area contributed by atoms with Gasteiger partial charge in [-0.25, -0.2) is 0 Å². The molecule has 0 aromatic heterocycles. The fraction of sp³-hybridized carbons (Fsp3) is 0.500. The van der Waals surface area contributed by atoms with Gasteiger partial charge in [0.05, 0.1) is 6.54 Å². The normalized spacial score (nSPS) is 22.6. The summed E-state index contributed by atoms with van der Waals surface area (Å²) in [5.41, 5.74) is 4.23. The smallest absolute Gasteiger partial charge is 0.195 e. The molecule has 0 bridgehead atoms. The molecule has 0 saturated carbocycles. The molecule has 2 aliphatic rings. The van der Waals surface area contributed by atoms with Gasteiger partial charge in [0.15, 0.2) is 5.96 Å². The number of aryl methyl sites for hydroxylation is 1. The molecule has 0 radical (unpaired) electrons. The zero-order chi connectivity index (χ0) is 11.7. The Hall–Kier alpha value is -1.51. The minimum atomic E-state index is 0.795. The molecule has 1 aliphatic heterocycles. The van der Waals surface area contributed by atoms with Gasteiger partial charge < -0.3 is 10.6 Å². The molecule has 0 saturated heterocycles. The number of guanidine groups is 1. The van der Waals surface area contributed by atoms with E-state index in [1.807, 2.05) is 0 Å². The highest BCUT2D eigenvalue weighted by Gasteiger charge is 2.18. The van der Waals surface area contributed by atoms with Gasteiger partial charge in [0, 0.05) is 12.2 Å². The second-order valence-electron chi connectivity index (χ2n) is 5.07. The third kappa shape index (κ3) is 2.14. The van der Waals surface area contributed by atoms with E-state index in [0.29, 0.717) is 0 Å². The monoisotopic (exact) mass is 229 g/mol. The van der Waals surface area contributed by atoms with Crippen LogP contribution in [-0.4, -0.2) is 19.0 Å². The first kappa shape index (κ1) is 10.6. The van der Waals surface area contributed by atoms with Crippen LogP contribution in [0.4, 0.5) is 5.69 Å². The van der Waals surface area contributed by atoms with E-state index in [-0.39, 0.29) is 0 Å². The Bertz CT molecular complexity index is 451. The number of nitrogens with one attached hydrogen (secondary N) is 2. The second-order valence-corrected chi connectivity index (χ2v) is 5.07. The van der Waals surface area contributed by atoms with Crippen molar-refractivity contribution in [1.29, 1.82) is 0 Å². The Morgan fingerprint density at radius 3 is 3.18 bits per heavy atom. The molecule has 0 spiro atoms. The standard InChI is InChI=1S/C14H19N3/c1-10-5-6-11-3-2-4-13(12(11)9-10)17-14-15-7-8-16-14/h2-4,10H,5-9H2,1H3,(H2,15,16,17). The number of anilines is 1. The van der Waals surface area contributed by atoms with Crippen LogP contribution in [0.5, 0.6) is 0 Å². The maximum Gasteiger partial charge on any atom is 0.195 e. The summed E-state index contributed by atoms with van der Waals surface area (Å²) in [6, 6.07) is 6.57. The number of aliphatic imine (C=N–C) groups is 1. The molecule has 17 heavy (non-hydrogen) atoms. The lowest BCUT2D eigenvalue weighted by Crippen LogP contribution is -2.27. The molecule has 3 nitrogen and oxygen atoms in total. The minimum absolute atomic E-state index is 0.795. The summed E-state index contributed by atoms with van der Waals surface area (Å²) in [5, 5.41) is 6.69. The summed E-state index contributed by atoms with van der Waals surface area (Å²) in [4.78, 5) is 4.39. The molecule has 0 fully saturated rings. The van der Waals surface area contributed by atoms with Gasteiger partial charge in [-0.1, -0.05) is 19.1 Å². The lowest BCUT2D eigenvalue weighted by atomic mass is 9.84. The molecule has 1 unspecified atom stereocenters. The fourth-order valence-electron chi connectivity index (χ4n) is 2.69. The molecular weight excluding hydrogens is 210 g/mol. The van der Waals surface area contributed by atoms with Gasteiger partial charge in [0.2, 0.25) is 0 Å². The molecule has 3 heteroatoms. The molecule has 1 aromatic carbocycles. The molecule has 2 N–H and O–H groups in total. The molecule has 0 amide bonds. The third-order valence-corrected chi connectivity index (χ3v) is 3.66. The van der Waals surface area contributed by atoms with Gasteiger partial charge in [-0.2, -0.15) is 0 Å². The Morgan fingerprint density at radius 1 is 1.41 bits per heavy atom. The van der Waals surface area contributed by atoms with Crippen LogP contribution >= 0.6 is 0 Å². The van der Waals surface area contributed by atoms with Gasteiger partial charge in [-0.05, 0) is 42.4 Å². The topological polar surface area (TPSA) is 36.4 Å². The fourth-order valence-corrected chi connectivity index (χ4v) is 2.69. The summed E-state index contributed by atoms with van der Waals surface area (Å²) < 4.78 is 0. The molecule has 1 atom stereocenters. The van der Waals surface area contributed by atoms with Crippen molar-refractivity contribution >= 4 is 11.6 Å². The van der Waals surface area contributed by atoms with Crippen molar-refractivity contribution in [2.75, 3.05) is 18.4 Å². The van der Waals surface area contributed by atoms with Gasteiger partial charge >= 0.3 is 0 Å². The minimum Gasteiger partial charge on any atom is -0.354 e. The van der Waals surface area contributed by atoms with Crippen LogP contribution in [0.2, 0.25) is 0 Å². The van der Waals surface area contributed by atoms with Gasteiger partial charge in [0.25, 0.3) is 0 Å². The van der Waals surface area contributed by atoms with E-state index in [0.717, 1.165) is 25.0 Å². The van der Waals surface area contributed by atoms with E-state index in [1.165, 1.54) is 36.1 Å². The zero-order valence-corrected chi connectivity index (χ0v) is 10.3. The summed E-state index contributed by atoms with van der Waals surface area (Å²) >= 11 is 0. The SMILES string of the molecule is CC1CCc2cccc(NC3=NCCN3)c2C1. The molecule has 1 aromatic rings. The quantitative estimate of drug-likeness (QED) is 0.774. The summed E-state index contributed by atoms with van der Waals surface area (Å²) in [5.74, 6) is 1.72. The van der Waals surface area contributed by atoms with Crippen LogP contribution in [0.3, 0.4) is 0 Å². The lowest BCUT2D eigenvalue weighted by Gasteiger charge is -2.24. The van der Waals surface area contributed by atoms with Crippen molar-refractivity contribution < 1.29 is 0 Å². The van der Waals surface area contributed by atoms with Crippen molar-refractivity contribution in [3.8, 4) is 0 Å². The van der Waals surface area contributed by atoms with E-state index in [4.69, 9.17) is 0 Å². The zero-order valence-electron chi connectivity index (χ0n) is 10.3. The maximum atomic E-state index is 4.39. The molecule has 1 heterocycles. The number of rotatable bonds is 1. The van der Waals surface area contributed by atoms with Crippen LogP contribution < -0.4 is 10.6 Å². The van der Waals surface area contributed by atoms with Crippen LogP contribution in [-0.2, 0) is 12.8 Å². The highest BCUT2D eigenvalue weighted by atomic mass is 15.2. The Morgan fingerprint density at radius 2 is 2.35 bits per heavy atom. The number of nitrogens with zero attached hydrogens (tertiary/aromatic N) is 1. The van der Waals surface area contributed by atoms with E-state index >= 15 is 0 Å². The van der Waals surface area contributed by atoms with E-state index in [1.54, 1.807) is 0 Å². The van der Waals surface area contributed by atoms with Crippen molar-refractivity contribution in [2.24, 2.45) is 10.9 Å². The number of fused-ring (bicyclic) bond motifs is 1. The number of hydrogen-bond donors (Lipinski definition) is 2.